The van der Waals surface area contributed by atoms with Gasteiger partial charge >= 0.3 is 0 Å². The molecule has 7 heteroatoms. The first kappa shape index (κ1) is 21.5. The van der Waals surface area contributed by atoms with Crippen molar-refractivity contribution in [2.24, 2.45) is 0 Å². The van der Waals surface area contributed by atoms with Gasteiger partial charge in [-0.1, -0.05) is 30.3 Å². The molecule has 30 heavy (non-hydrogen) atoms. The second kappa shape index (κ2) is 9.54. The van der Waals surface area contributed by atoms with E-state index in [-0.39, 0.29) is 17.7 Å². The Balaban J connectivity index is 1.56. The number of aromatic nitrogens is 1. The molecule has 0 radical (unpaired) electrons. The number of ether oxygens (including phenoxy) is 1. The minimum absolute atomic E-state index is 0.0412. The van der Waals surface area contributed by atoms with Crippen LogP contribution in [0.15, 0.2) is 73.1 Å². The molecule has 0 spiro atoms. The Bertz CT molecular complexity index is 1080. The summed E-state index contributed by atoms with van der Waals surface area (Å²) in [6.45, 7) is 2.34. The van der Waals surface area contributed by atoms with Crippen LogP contribution >= 0.6 is 0 Å². The van der Waals surface area contributed by atoms with Gasteiger partial charge in [0.25, 0.3) is 5.91 Å². The van der Waals surface area contributed by atoms with Gasteiger partial charge in [0.1, 0.15) is 12.4 Å². The molecule has 156 valence electrons. The molecule has 0 saturated heterocycles. The zero-order valence-electron chi connectivity index (χ0n) is 16.9. The van der Waals surface area contributed by atoms with Crippen LogP contribution < -0.4 is 10.1 Å². The molecular formula is C23H24N2O4S. The fraction of sp³-hybridized carbons (Fsp3) is 0.217. The Labute approximate surface area is 176 Å². The van der Waals surface area contributed by atoms with Crippen molar-refractivity contribution >= 4 is 15.7 Å². The molecule has 3 aromatic rings. The molecule has 1 heterocycles. The number of hydrogen-bond acceptors (Lipinski definition) is 5. The maximum Gasteiger partial charge on any atom is 0.251 e. The van der Waals surface area contributed by atoms with Gasteiger partial charge in [-0.25, -0.2) is 8.42 Å². The van der Waals surface area contributed by atoms with Gasteiger partial charge in [0, 0.05) is 29.8 Å². The molecule has 0 saturated carbocycles. The highest BCUT2D eigenvalue weighted by Crippen LogP contribution is 2.19. The van der Waals surface area contributed by atoms with Crippen molar-refractivity contribution in [2.45, 2.75) is 25.3 Å². The van der Waals surface area contributed by atoms with Gasteiger partial charge in [-0.3, -0.25) is 9.78 Å². The molecule has 1 aromatic heterocycles. The molecular weight excluding hydrogens is 400 g/mol. The molecule has 0 aliphatic carbocycles. The topological polar surface area (TPSA) is 85.4 Å². The Hall–Kier alpha value is -3.19. The maximum absolute atomic E-state index is 12.5. The van der Waals surface area contributed by atoms with E-state index in [1.54, 1.807) is 36.7 Å². The molecule has 1 N–H and O–H groups in total. The van der Waals surface area contributed by atoms with Crippen molar-refractivity contribution < 1.29 is 17.9 Å². The third-order valence-electron chi connectivity index (χ3n) is 4.50. The third kappa shape index (κ3) is 6.42. The lowest BCUT2D eigenvalue weighted by atomic mass is 10.1. The molecule has 0 fully saturated rings. The summed E-state index contributed by atoms with van der Waals surface area (Å²) in [5.41, 5.74) is 3.08. The zero-order chi connectivity index (χ0) is 21.6. The van der Waals surface area contributed by atoms with Gasteiger partial charge in [-0.05, 0) is 48.4 Å². The van der Waals surface area contributed by atoms with Crippen molar-refractivity contribution in [1.29, 1.82) is 0 Å². The van der Waals surface area contributed by atoms with Crippen molar-refractivity contribution in [3.05, 3.63) is 95.3 Å². The molecule has 1 unspecified atom stereocenters. The van der Waals surface area contributed by atoms with Gasteiger partial charge in [-0.2, -0.15) is 0 Å². The fourth-order valence-electron chi connectivity index (χ4n) is 2.92. The number of sulfone groups is 1. The quantitative estimate of drug-likeness (QED) is 0.596. The van der Waals surface area contributed by atoms with E-state index in [2.05, 4.69) is 10.3 Å². The number of rotatable bonds is 8. The van der Waals surface area contributed by atoms with Crippen LogP contribution in [0, 0.1) is 0 Å². The van der Waals surface area contributed by atoms with Crippen LogP contribution in [0.5, 0.6) is 5.75 Å². The highest BCUT2D eigenvalue weighted by atomic mass is 32.2. The smallest absolute Gasteiger partial charge is 0.251 e. The highest BCUT2D eigenvalue weighted by Gasteiger charge is 2.12. The SMILES string of the molecule is CC(NC(=O)c1ccc(CS(C)(=O)=O)cc1)c1ccc(OCc2cccnc2)cc1. The summed E-state index contributed by atoms with van der Waals surface area (Å²) >= 11 is 0. The van der Waals surface area contributed by atoms with Crippen LogP contribution in [-0.2, 0) is 22.2 Å². The predicted molar refractivity (Wildman–Crippen MR) is 116 cm³/mol. The van der Waals surface area contributed by atoms with Gasteiger partial charge in [-0.15, -0.1) is 0 Å². The van der Waals surface area contributed by atoms with E-state index in [0.717, 1.165) is 16.9 Å². The van der Waals surface area contributed by atoms with Crippen LogP contribution in [0.3, 0.4) is 0 Å². The Morgan fingerprint density at radius 2 is 1.73 bits per heavy atom. The van der Waals surface area contributed by atoms with E-state index in [4.69, 9.17) is 4.74 Å². The second-order valence-electron chi connectivity index (χ2n) is 7.18. The first-order valence-electron chi connectivity index (χ1n) is 9.49. The zero-order valence-corrected chi connectivity index (χ0v) is 17.7. The number of nitrogens with zero attached hydrogens (tertiary/aromatic N) is 1. The average molecular weight is 425 g/mol. The predicted octanol–water partition coefficient (Wildman–Crippen LogP) is 3.70. The van der Waals surface area contributed by atoms with Crippen molar-refractivity contribution in [3.63, 3.8) is 0 Å². The molecule has 1 amide bonds. The van der Waals surface area contributed by atoms with E-state index >= 15 is 0 Å². The van der Waals surface area contributed by atoms with Gasteiger partial charge < -0.3 is 10.1 Å². The van der Waals surface area contributed by atoms with Crippen molar-refractivity contribution in [3.8, 4) is 5.75 Å². The van der Waals surface area contributed by atoms with Crippen LogP contribution in [0.2, 0.25) is 0 Å². The monoisotopic (exact) mass is 424 g/mol. The van der Waals surface area contributed by atoms with E-state index in [9.17, 15) is 13.2 Å². The van der Waals surface area contributed by atoms with Crippen LogP contribution in [0.4, 0.5) is 0 Å². The summed E-state index contributed by atoms with van der Waals surface area (Å²) in [5, 5.41) is 2.95. The Morgan fingerprint density at radius 1 is 1.03 bits per heavy atom. The van der Waals surface area contributed by atoms with Gasteiger partial charge in [0.15, 0.2) is 9.84 Å². The molecule has 1 atom stereocenters. The number of nitrogens with one attached hydrogen (secondary N) is 1. The van der Waals surface area contributed by atoms with E-state index < -0.39 is 9.84 Å². The molecule has 3 rings (SSSR count). The lowest BCUT2D eigenvalue weighted by molar-refractivity contribution is 0.0940. The summed E-state index contributed by atoms with van der Waals surface area (Å²) in [7, 11) is -3.10. The maximum atomic E-state index is 12.5. The minimum Gasteiger partial charge on any atom is -0.489 e. The Morgan fingerprint density at radius 3 is 2.33 bits per heavy atom. The molecule has 0 bridgehead atoms. The lowest BCUT2D eigenvalue weighted by Gasteiger charge is -2.15. The van der Waals surface area contributed by atoms with Gasteiger partial charge in [0.05, 0.1) is 11.8 Å². The minimum atomic E-state index is -3.10. The number of carbonyl (C=O) groups is 1. The fourth-order valence-corrected chi connectivity index (χ4v) is 3.72. The van der Waals surface area contributed by atoms with Crippen LogP contribution in [0.25, 0.3) is 0 Å². The Kier molecular flexibility index (Phi) is 6.84. The number of hydrogen-bond donors (Lipinski definition) is 1. The van der Waals surface area contributed by atoms with Crippen LogP contribution in [0.1, 0.15) is 40.0 Å². The summed E-state index contributed by atoms with van der Waals surface area (Å²) in [4.78, 5) is 16.6. The van der Waals surface area contributed by atoms with Crippen molar-refractivity contribution in [1.82, 2.24) is 10.3 Å². The third-order valence-corrected chi connectivity index (χ3v) is 5.36. The summed E-state index contributed by atoms with van der Waals surface area (Å²) in [6.07, 6.45) is 4.67. The number of pyridine rings is 1. The largest absolute Gasteiger partial charge is 0.489 e. The first-order chi connectivity index (χ1) is 14.3. The average Bonchev–Trinajstić information content (AvgIpc) is 2.72. The molecule has 2 aromatic carbocycles. The van der Waals surface area contributed by atoms with Crippen LogP contribution in [-0.4, -0.2) is 25.6 Å². The van der Waals surface area contributed by atoms with Crippen molar-refractivity contribution in [2.75, 3.05) is 6.26 Å². The summed E-state index contributed by atoms with van der Waals surface area (Å²) in [6, 6.07) is 17.8. The normalized spacial score (nSPS) is 12.2. The number of carbonyl (C=O) groups excluding carboxylic acids is 1. The second-order valence-corrected chi connectivity index (χ2v) is 9.32. The number of amides is 1. The highest BCUT2D eigenvalue weighted by molar-refractivity contribution is 7.89. The van der Waals surface area contributed by atoms with E-state index in [1.807, 2.05) is 43.3 Å². The van der Waals surface area contributed by atoms with E-state index in [1.165, 1.54) is 6.26 Å². The molecule has 6 nitrogen and oxygen atoms in total. The molecule has 0 aliphatic rings. The van der Waals surface area contributed by atoms with E-state index in [0.29, 0.717) is 17.7 Å². The first-order valence-corrected chi connectivity index (χ1v) is 11.6. The van der Waals surface area contributed by atoms with Gasteiger partial charge in [0.2, 0.25) is 0 Å². The lowest BCUT2D eigenvalue weighted by Crippen LogP contribution is -2.26. The standard InChI is InChI=1S/C23H24N2O4S/c1-17(25-23(26)21-7-5-18(6-8-21)16-30(2,27)28)20-9-11-22(12-10-20)29-15-19-4-3-13-24-14-19/h3-14,17H,15-16H2,1-2H3,(H,25,26). The summed E-state index contributed by atoms with van der Waals surface area (Å²) < 4.78 is 28.5. The summed E-state index contributed by atoms with van der Waals surface area (Å²) in [5.74, 6) is 0.480. The molecule has 0 aliphatic heterocycles. The number of benzene rings is 2.